The number of rotatable bonds is 7. The van der Waals surface area contributed by atoms with Crippen molar-refractivity contribution >= 4 is 0 Å². The summed E-state index contributed by atoms with van der Waals surface area (Å²) >= 11 is 0. The second-order valence-electron chi connectivity index (χ2n) is 4.98. The zero-order valence-corrected chi connectivity index (χ0v) is 11.9. The number of nitrogens with zero attached hydrogens (tertiary/aromatic N) is 2. The highest BCUT2D eigenvalue weighted by Gasteiger charge is 2.12. The van der Waals surface area contributed by atoms with Gasteiger partial charge in [0.2, 0.25) is 5.88 Å². The van der Waals surface area contributed by atoms with E-state index in [1.54, 1.807) is 6.20 Å². The second-order valence-corrected chi connectivity index (χ2v) is 4.98. The van der Waals surface area contributed by atoms with E-state index in [1.165, 1.54) is 0 Å². The number of ether oxygens (including phenoxy) is 1. The van der Waals surface area contributed by atoms with Crippen LogP contribution in [-0.2, 0) is 6.54 Å². The van der Waals surface area contributed by atoms with Gasteiger partial charge in [-0.2, -0.15) is 0 Å². The Balaban J connectivity index is 2.44. The molecule has 0 unspecified atom stereocenters. The number of aromatic nitrogens is 1. The lowest BCUT2D eigenvalue weighted by molar-refractivity contribution is 0.140. The van der Waals surface area contributed by atoms with Crippen molar-refractivity contribution in [3.63, 3.8) is 0 Å². The topological polar surface area (TPSA) is 51.4 Å². The van der Waals surface area contributed by atoms with E-state index in [0.29, 0.717) is 31.1 Å². The molecule has 0 spiro atoms. The molecule has 0 aliphatic rings. The van der Waals surface area contributed by atoms with Crippen LogP contribution in [-0.4, -0.2) is 35.1 Å². The van der Waals surface area contributed by atoms with Gasteiger partial charge in [0.15, 0.2) is 0 Å². The zero-order valence-electron chi connectivity index (χ0n) is 11.9. The predicted molar refractivity (Wildman–Crippen MR) is 74.6 cm³/mol. The summed E-state index contributed by atoms with van der Waals surface area (Å²) in [6, 6.07) is 4.85. The Morgan fingerprint density at radius 2 is 1.94 bits per heavy atom. The van der Waals surface area contributed by atoms with E-state index in [0.717, 1.165) is 12.1 Å². The molecule has 0 radical (unpaired) electrons. The summed E-state index contributed by atoms with van der Waals surface area (Å²) in [5, 5.41) is 0. The first-order chi connectivity index (χ1) is 8.54. The number of nitrogens with two attached hydrogens (primary N) is 1. The first-order valence-corrected chi connectivity index (χ1v) is 6.58. The van der Waals surface area contributed by atoms with Gasteiger partial charge in [-0.3, -0.25) is 4.90 Å². The van der Waals surface area contributed by atoms with Crippen LogP contribution in [0.2, 0.25) is 0 Å². The average Bonchev–Trinajstić information content (AvgIpc) is 2.34. The molecule has 1 aromatic heterocycles. The maximum atomic E-state index is 5.67. The SMILES string of the molecule is CC(C)N(CCOc1cc(CN)ccn1)C(C)C. The fourth-order valence-corrected chi connectivity index (χ4v) is 2.02. The van der Waals surface area contributed by atoms with Crippen LogP contribution in [0.1, 0.15) is 33.3 Å². The van der Waals surface area contributed by atoms with Crippen LogP contribution in [0.15, 0.2) is 18.3 Å². The van der Waals surface area contributed by atoms with Crippen molar-refractivity contribution in [3.05, 3.63) is 23.9 Å². The van der Waals surface area contributed by atoms with Gasteiger partial charge < -0.3 is 10.5 Å². The van der Waals surface area contributed by atoms with E-state index in [2.05, 4.69) is 37.6 Å². The lowest BCUT2D eigenvalue weighted by atomic mass is 10.2. The molecule has 0 atom stereocenters. The van der Waals surface area contributed by atoms with Gasteiger partial charge >= 0.3 is 0 Å². The lowest BCUT2D eigenvalue weighted by Gasteiger charge is -2.30. The summed E-state index contributed by atoms with van der Waals surface area (Å²) in [6.07, 6.45) is 1.74. The van der Waals surface area contributed by atoms with Gasteiger partial charge in [0, 0.05) is 37.4 Å². The fraction of sp³-hybridized carbons (Fsp3) is 0.643. The number of pyridine rings is 1. The molecule has 4 nitrogen and oxygen atoms in total. The molecule has 102 valence electrons. The Kier molecular flexibility index (Phi) is 6.09. The maximum absolute atomic E-state index is 5.67. The second kappa shape index (κ2) is 7.34. The first-order valence-electron chi connectivity index (χ1n) is 6.58. The number of hydrogen-bond acceptors (Lipinski definition) is 4. The van der Waals surface area contributed by atoms with E-state index in [4.69, 9.17) is 10.5 Å². The monoisotopic (exact) mass is 251 g/mol. The van der Waals surface area contributed by atoms with Crippen LogP contribution >= 0.6 is 0 Å². The van der Waals surface area contributed by atoms with E-state index in [-0.39, 0.29) is 0 Å². The Hall–Kier alpha value is -1.13. The Morgan fingerprint density at radius 3 is 2.50 bits per heavy atom. The highest BCUT2D eigenvalue weighted by Crippen LogP contribution is 2.09. The molecule has 1 aromatic rings. The lowest BCUT2D eigenvalue weighted by Crippen LogP contribution is -2.39. The Labute approximate surface area is 110 Å². The fourth-order valence-electron chi connectivity index (χ4n) is 2.02. The van der Waals surface area contributed by atoms with Gasteiger partial charge in [0.05, 0.1) is 0 Å². The molecular weight excluding hydrogens is 226 g/mol. The molecule has 0 fully saturated rings. The molecule has 0 bridgehead atoms. The summed E-state index contributed by atoms with van der Waals surface area (Å²) in [4.78, 5) is 6.57. The van der Waals surface area contributed by atoms with E-state index in [9.17, 15) is 0 Å². The number of hydrogen-bond donors (Lipinski definition) is 1. The summed E-state index contributed by atoms with van der Waals surface area (Å²) < 4.78 is 5.67. The molecule has 4 heteroatoms. The Bertz CT molecular complexity index is 345. The minimum atomic E-state index is 0.517. The molecule has 0 aliphatic heterocycles. The van der Waals surface area contributed by atoms with Crippen molar-refractivity contribution in [1.82, 2.24) is 9.88 Å². The predicted octanol–water partition coefficient (Wildman–Crippen LogP) is 2.04. The van der Waals surface area contributed by atoms with Gasteiger partial charge in [-0.05, 0) is 39.3 Å². The summed E-state index contributed by atoms with van der Waals surface area (Å²) in [5.74, 6) is 0.658. The molecule has 18 heavy (non-hydrogen) atoms. The smallest absolute Gasteiger partial charge is 0.213 e. The maximum Gasteiger partial charge on any atom is 0.213 e. The normalized spacial score (nSPS) is 11.6. The molecular formula is C14H25N3O. The molecule has 0 saturated heterocycles. The minimum absolute atomic E-state index is 0.517. The van der Waals surface area contributed by atoms with Gasteiger partial charge in [0.1, 0.15) is 6.61 Å². The van der Waals surface area contributed by atoms with Crippen molar-refractivity contribution in [2.75, 3.05) is 13.2 Å². The van der Waals surface area contributed by atoms with Crippen molar-refractivity contribution in [2.24, 2.45) is 5.73 Å². The van der Waals surface area contributed by atoms with Gasteiger partial charge in [-0.15, -0.1) is 0 Å². The summed E-state index contributed by atoms with van der Waals surface area (Å²) in [7, 11) is 0. The molecule has 0 aliphatic carbocycles. The molecule has 0 amide bonds. The Morgan fingerprint density at radius 1 is 1.28 bits per heavy atom. The van der Waals surface area contributed by atoms with Crippen LogP contribution in [0.5, 0.6) is 5.88 Å². The van der Waals surface area contributed by atoms with Crippen molar-refractivity contribution in [2.45, 2.75) is 46.3 Å². The van der Waals surface area contributed by atoms with Crippen LogP contribution in [0, 0.1) is 0 Å². The van der Waals surface area contributed by atoms with Gasteiger partial charge in [0.25, 0.3) is 0 Å². The molecule has 0 saturated carbocycles. The van der Waals surface area contributed by atoms with Crippen molar-refractivity contribution in [3.8, 4) is 5.88 Å². The van der Waals surface area contributed by atoms with Crippen LogP contribution < -0.4 is 10.5 Å². The highest BCUT2D eigenvalue weighted by molar-refractivity contribution is 5.20. The molecule has 1 rings (SSSR count). The third-order valence-corrected chi connectivity index (χ3v) is 2.96. The largest absolute Gasteiger partial charge is 0.476 e. The summed E-state index contributed by atoms with van der Waals surface area (Å²) in [6.45, 7) is 10.9. The van der Waals surface area contributed by atoms with Crippen molar-refractivity contribution in [1.29, 1.82) is 0 Å². The molecule has 0 aromatic carbocycles. The molecule has 2 N–H and O–H groups in total. The van der Waals surface area contributed by atoms with Gasteiger partial charge in [-0.25, -0.2) is 4.98 Å². The van der Waals surface area contributed by atoms with Crippen molar-refractivity contribution < 1.29 is 4.74 Å². The standard InChI is InChI=1S/C14H25N3O/c1-11(2)17(12(3)4)7-8-18-14-9-13(10-15)5-6-16-14/h5-6,9,11-12H,7-8,10,15H2,1-4H3. The summed E-state index contributed by atoms with van der Waals surface area (Å²) in [5.41, 5.74) is 6.63. The average molecular weight is 251 g/mol. The third-order valence-electron chi connectivity index (χ3n) is 2.96. The van der Waals surface area contributed by atoms with E-state index >= 15 is 0 Å². The van der Waals surface area contributed by atoms with Crippen LogP contribution in [0.25, 0.3) is 0 Å². The van der Waals surface area contributed by atoms with E-state index in [1.807, 2.05) is 12.1 Å². The third kappa shape index (κ3) is 4.63. The quantitative estimate of drug-likeness (QED) is 0.805. The van der Waals surface area contributed by atoms with Crippen LogP contribution in [0.4, 0.5) is 0 Å². The first kappa shape index (κ1) is 14.9. The van der Waals surface area contributed by atoms with Crippen LogP contribution in [0.3, 0.4) is 0 Å². The zero-order chi connectivity index (χ0) is 13.5. The molecule has 1 heterocycles. The van der Waals surface area contributed by atoms with E-state index < -0.39 is 0 Å². The minimum Gasteiger partial charge on any atom is -0.476 e. The van der Waals surface area contributed by atoms with Gasteiger partial charge in [-0.1, -0.05) is 0 Å². The highest BCUT2D eigenvalue weighted by atomic mass is 16.5.